The molecule has 0 saturated carbocycles. The van der Waals surface area contributed by atoms with E-state index in [2.05, 4.69) is 14.9 Å². The third-order valence-electron chi connectivity index (χ3n) is 5.21. The van der Waals surface area contributed by atoms with Gasteiger partial charge in [-0.1, -0.05) is 30.3 Å². The van der Waals surface area contributed by atoms with Crippen molar-refractivity contribution in [2.45, 2.75) is 13.0 Å². The van der Waals surface area contributed by atoms with Crippen molar-refractivity contribution >= 4 is 17.8 Å². The van der Waals surface area contributed by atoms with Crippen molar-refractivity contribution in [2.24, 2.45) is 5.92 Å². The summed E-state index contributed by atoms with van der Waals surface area (Å²) in [6, 6.07) is 11.7. The number of hydrogen-bond acceptors (Lipinski definition) is 5. The van der Waals surface area contributed by atoms with E-state index < -0.39 is 0 Å². The van der Waals surface area contributed by atoms with Gasteiger partial charge in [0, 0.05) is 58.1 Å². The lowest BCUT2D eigenvalue weighted by Crippen LogP contribution is -2.51. The second-order valence-electron chi connectivity index (χ2n) is 7.02. The second-order valence-corrected chi connectivity index (χ2v) is 7.02. The predicted octanol–water partition coefficient (Wildman–Crippen LogP) is 1.17. The summed E-state index contributed by atoms with van der Waals surface area (Å²) in [6.07, 6.45) is 3.77. The Bertz CT molecular complexity index is 791. The molecule has 2 aliphatic heterocycles. The maximum absolute atomic E-state index is 12.9. The van der Waals surface area contributed by atoms with Crippen LogP contribution in [0.4, 0.5) is 5.95 Å². The van der Waals surface area contributed by atoms with E-state index in [4.69, 9.17) is 0 Å². The molecule has 27 heavy (non-hydrogen) atoms. The minimum absolute atomic E-state index is 0.0634. The molecule has 0 radical (unpaired) electrons. The summed E-state index contributed by atoms with van der Waals surface area (Å²) >= 11 is 0. The quantitative estimate of drug-likeness (QED) is 0.814. The lowest BCUT2D eigenvalue weighted by atomic mass is 10.1. The van der Waals surface area contributed by atoms with Gasteiger partial charge in [0.25, 0.3) is 0 Å². The third kappa shape index (κ3) is 3.92. The normalized spacial score (nSPS) is 20.2. The molecule has 0 bridgehead atoms. The highest BCUT2D eigenvalue weighted by molar-refractivity contribution is 5.89. The van der Waals surface area contributed by atoms with Crippen molar-refractivity contribution < 1.29 is 9.59 Å². The van der Waals surface area contributed by atoms with E-state index >= 15 is 0 Å². The Morgan fingerprint density at radius 2 is 1.70 bits per heavy atom. The minimum Gasteiger partial charge on any atom is -0.339 e. The maximum Gasteiger partial charge on any atom is 0.228 e. The van der Waals surface area contributed by atoms with Gasteiger partial charge in [0.1, 0.15) is 0 Å². The van der Waals surface area contributed by atoms with E-state index in [1.165, 1.54) is 0 Å². The molecular weight excluding hydrogens is 342 g/mol. The average molecular weight is 365 g/mol. The van der Waals surface area contributed by atoms with Gasteiger partial charge in [-0.2, -0.15) is 0 Å². The number of carbonyl (C=O) groups excluding carboxylic acids is 2. The van der Waals surface area contributed by atoms with E-state index in [-0.39, 0.29) is 17.7 Å². The Hall–Kier alpha value is -2.96. The summed E-state index contributed by atoms with van der Waals surface area (Å²) in [6.45, 7) is 3.78. The SMILES string of the molecule is O=C1C[C@@H](C(=O)N2CCN(c3ncccn3)CC2)CN1Cc1ccccc1. The highest BCUT2D eigenvalue weighted by Crippen LogP contribution is 2.23. The van der Waals surface area contributed by atoms with Gasteiger partial charge in [-0.3, -0.25) is 9.59 Å². The number of amides is 2. The van der Waals surface area contributed by atoms with Crippen LogP contribution in [0.2, 0.25) is 0 Å². The monoisotopic (exact) mass is 365 g/mol. The van der Waals surface area contributed by atoms with Crippen LogP contribution in [0.3, 0.4) is 0 Å². The summed E-state index contributed by atoms with van der Waals surface area (Å²) in [5.41, 5.74) is 1.09. The maximum atomic E-state index is 12.9. The Kier molecular flexibility index (Phi) is 5.00. The van der Waals surface area contributed by atoms with Crippen molar-refractivity contribution in [2.75, 3.05) is 37.6 Å². The zero-order valence-corrected chi connectivity index (χ0v) is 15.2. The molecule has 7 nitrogen and oxygen atoms in total. The van der Waals surface area contributed by atoms with E-state index in [1.807, 2.05) is 35.2 Å². The average Bonchev–Trinajstić information content (AvgIpc) is 3.09. The molecule has 2 aliphatic rings. The van der Waals surface area contributed by atoms with Crippen molar-refractivity contribution in [3.63, 3.8) is 0 Å². The van der Waals surface area contributed by atoms with E-state index in [0.29, 0.717) is 51.6 Å². The molecule has 0 unspecified atom stereocenters. The van der Waals surface area contributed by atoms with Crippen molar-refractivity contribution in [1.82, 2.24) is 19.8 Å². The van der Waals surface area contributed by atoms with Gasteiger partial charge in [0.2, 0.25) is 17.8 Å². The summed E-state index contributed by atoms with van der Waals surface area (Å²) in [4.78, 5) is 39.5. The molecule has 0 N–H and O–H groups in total. The molecule has 1 aromatic heterocycles. The van der Waals surface area contributed by atoms with Crippen LogP contribution in [0.15, 0.2) is 48.8 Å². The number of benzene rings is 1. The number of aromatic nitrogens is 2. The molecule has 1 aromatic carbocycles. The van der Waals surface area contributed by atoms with Gasteiger partial charge >= 0.3 is 0 Å². The van der Waals surface area contributed by atoms with Crippen molar-refractivity contribution in [1.29, 1.82) is 0 Å². The lowest BCUT2D eigenvalue weighted by molar-refractivity contribution is -0.136. The summed E-state index contributed by atoms with van der Waals surface area (Å²) in [5, 5.41) is 0. The Morgan fingerprint density at radius 3 is 2.41 bits per heavy atom. The van der Waals surface area contributed by atoms with Gasteiger partial charge in [0.05, 0.1) is 5.92 Å². The van der Waals surface area contributed by atoms with E-state index in [0.717, 1.165) is 5.56 Å². The van der Waals surface area contributed by atoms with Crippen LogP contribution in [0.25, 0.3) is 0 Å². The third-order valence-corrected chi connectivity index (χ3v) is 5.21. The molecule has 2 amide bonds. The number of hydrogen-bond donors (Lipinski definition) is 0. The van der Waals surface area contributed by atoms with Crippen LogP contribution in [0.1, 0.15) is 12.0 Å². The minimum atomic E-state index is -0.235. The predicted molar refractivity (Wildman–Crippen MR) is 101 cm³/mol. The van der Waals surface area contributed by atoms with Crippen LogP contribution in [-0.4, -0.2) is 64.3 Å². The van der Waals surface area contributed by atoms with Crippen LogP contribution in [-0.2, 0) is 16.1 Å². The fraction of sp³-hybridized carbons (Fsp3) is 0.400. The molecule has 2 fully saturated rings. The van der Waals surface area contributed by atoms with Gasteiger partial charge in [-0.05, 0) is 11.6 Å². The molecule has 3 heterocycles. The number of carbonyl (C=O) groups is 2. The first-order chi connectivity index (χ1) is 13.2. The number of anilines is 1. The molecule has 0 spiro atoms. The van der Waals surface area contributed by atoms with Gasteiger partial charge in [-0.25, -0.2) is 9.97 Å². The molecule has 140 valence electrons. The molecular formula is C20H23N5O2. The summed E-state index contributed by atoms with van der Waals surface area (Å²) in [5.74, 6) is 0.622. The largest absolute Gasteiger partial charge is 0.339 e. The van der Waals surface area contributed by atoms with Gasteiger partial charge < -0.3 is 14.7 Å². The Morgan fingerprint density at radius 1 is 1.00 bits per heavy atom. The first-order valence-electron chi connectivity index (χ1n) is 9.33. The Labute approximate surface area is 158 Å². The van der Waals surface area contributed by atoms with E-state index in [1.54, 1.807) is 23.4 Å². The van der Waals surface area contributed by atoms with Crippen molar-refractivity contribution in [3.8, 4) is 0 Å². The number of likely N-dealkylation sites (tertiary alicyclic amines) is 1. The Balaban J connectivity index is 1.32. The number of piperazine rings is 1. The number of rotatable bonds is 4. The molecule has 1 atom stereocenters. The fourth-order valence-corrected chi connectivity index (χ4v) is 3.73. The second kappa shape index (κ2) is 7.73. The van der Waals surface area contributed by atoms with Crippen LogP contribution in [0, 0.1) is 5.92 Å². The fourth-order valence-electron chi connectivity index (χ4n) is 3.73. The van der Waals surface area contributed by atoms with Crippen LogP contribution in [0.5, 0.6) is 0 Å². The first-order valence-corrected chi connectivity index (χ1v) is 9.33. The topological polar surface area (TPSA) is 69.6 Å². The molecule has 2 saturated heterocycles. The van der Waals surface area contributed by atoms with Crippen LogP contribution < -0.4 is 4.90 Å². The lowest BCUT2D eigenvalue weighted by Gasteiger charge is -2.35. The van der Waals surface area contributed by atoms with Crippen molar-refractivity contribution in [3.05, 3.63) is 54.4 Å². The van der Waals surface area contributed by atoms with Gasteiger partial charge in [-0.15, -0.1) is 0 Å². The molecule has 2 aromatic rings. The number of nitrogens with zero attached hydrogens (tertiary/aromatic N) is 5. The zero-order chi connectivity index (χ0) is 18.6. The highest BCUT2D eigenvalue weighted by atomic mass is 16.2. The van der Waals surface area contributed by atoms with E-state index in [9.17, 15) is 9.59 Å². The van der Waals surface area contributed by atoms with Crippen LogP contribution >= 0.6 is 0 Å². The molecule has 4 rings (SSSR count). The van der Waals surface area contributed by atoms with Gasteiger partial charge in [0.15, 0.2) is 0 Å². The molecule has 7 heteroatoms. The smallest absolute Gasteiger partial charge is 0.228 e. The summed E-state index contributed by atoms with van der Waals surface area (Å²) in [7, 11) is 0. The zero-order valence-electron chi connectivity index (χ0n) is 15.2. The summed E-state index contributed by atoms with van der Waals surface area (Å²) < 4.78 is 0. The highest BCUT2D eigenvalue weighted by Gasteiger charge is 2.37. The standard InChI is InChI=1S/C20H23N5O2/c26-18-13-17(15-25(18)14-16-5-2-1-3-6-16)19(27)23-9-11-24(12-10-23)20-21-7-4-8-22-20/h1-8,17H,9-15H2/t17-/m1/s1. The molecule has 0 aliphatic carbocycles. The first kappa shape index (κ1) is 17.5.